The van der Waals surface area contributed by atoms with Gasteiger partial charge in [0.05, 0.1) is 11.4 Å². The van der Waals surface area contributed by atoms with E-state index in [9.17, 15) is 4.39 Å². The highest BCUT2D eigenvalue weighted by Crippen LogP contribution is 2.22. The Morgan fingerprint density at radius 2 is 2.24 bits per heavy atom. The molecule has 3 nitrogen and oxygen atoms in total. The number of nitrogens with one attached hydrogen (secondary N) is 1. The van der Waals surface area contributed by atoms with E-state index in [1.807, 2.05) is 13.8 Å². The molecule has 0 fully saturated rings. The molecule has 0 amide bonds. The van der Waals surface area contributed by atoms with E-state index in [1.165, 1.54) is 12.1 Å². The monoisotopic (exact) mass is 253 g/mol. The van der Waals surface area contributed by atoms with Crippen LogP contribution in [0.3, 0.4) is 0 Å². The summed E-state index contributed by atoms with van der Waals surface area (Å²) in [5.41, 5.74) is 1.22. The van der Waals surface area contributed by atoms with Crippen LogP contribution in [0.4, 0.5) is 10.3 Å². The molecule has 1 heterocycles. The lowest BCUT2D eigenvalue weighted by Gasteiger charge is -2.09. The van der Waals surface area contributed by atoms with Gasteiger partial charge in [-0.15, -0.1) is 0 Å². The minimum Gasteiger partial charge on any atom is -0.356 e. The SMILES string of the molecule is CCNc1nc(C)cn1-c1cc(Cl)ccc1F. The third kappa shape index (κ3) is 2.42. The Morgan fingerprint density at radius 3 is 2.94 bits per heavy atom. The lowest BCUT2D eigenvalue weighted by atomic mass is 10.3. The molecule has 0 aliphatic carbocycles. The van der Waals surface area contributed by atoms with Gasteiger partial charge in [0, 0.05) is 17.8 Å². The predicted molar refractivity (Wildman–Crippen MR) is 67.4 cm³/mol. The van der Waals surface area contributed by atoms with Crippen molar-refractivity contribution in [3.05, 3.63) is 40.9 Å². The van der Waals surface area contributed by atoms with Crippen molar-refractivity contribution in [2.75, 3.05) is 11.9 Å². The molecule has 1 aromatic carbocycles. The first kappa shape index (κ1) is 11.9. The van der Waals surface area contributed by atoms with Gasteiger partial charge in [-0.05, 0) is 32.0 Å². The van der Waals surface area contributed by atoms with Gasteiger partial charge in [0.1, 0.15) is 5.82 Å². The van der Waals surface area contributed by atoms with Crippen LogP contribution in [0.15, 0.2) is 24.4 Å². The van der Waals surface area contributed by atoms with Crippen LogP contribution >= 0.6 is 11.6 Å². The Morgan fingerprint density at radius 1 is 1.47 bits per heavy atom. The molecule has 0 spiro atoms. The highest BCUT2D eigenvalue weighted by Gasteiger charge is 2.11. The maximum atomic E-state index is 13.7. The normalized spacial score (nSPS) is 10.6. The van der Waals surface area contributed by atoms with Gasteiger partial charge in [0.2, 0.25) is 5.95 Å². The van der Waals surface area contributed by atoms with E-state index in [0.717, 1.165) is 12.2 Å². The van der Waals surface area contributed by atoms with Crippen molar-refractivity contribution in [3.63, 3.8) is 0 Å². The highest BCUT2D eigenvalue weighted by atomic mass is 35.5. The van der Waals surface area contributed by atoms with Crippen molar-refractivity contribution in [2.45, 2.75) is 13.8 Å². The summed E-state index contributed by atoms with van der Waals surface area (Å²) in [5, 5.41) is 3.58. The van der Waals surface area contributed by atoms with Crippen molar-refractivity contribution in [2.24, 2.45) is 0 Å². The Balaban J connectivity index is 2.55. The maximum absolute atomic E-state index is 13.7. The molecule has 0 unspecified atom stereocenters. The van der Waals surface area contributed by atoms with E-state index >= 15 is 0 Å². The molecule has 90 valence electrons. The van der Waals surface area contributed by atoms with Gasteiger partial charge in [-0.2, -0.15) is 0 Å². The summed E-state index contributed by atoms with van der Waals surface area (Å²) in [6.07, 6.45) is 1.77. The van der Waals surface area contributed by atoms with E-state index in [2.05, 4.69) is 10.3 Å². The molecule has 1 aromatic heterocycles. The number of rotatable bonds is 3. The number of benzene rings is 1. The molecule has 2 aromatic rings. The fourth-order valence-electron chi connectivity index (χ4n) is 1.63. The fourth-order valence-corrected chi connectivity index (χ4v) is 1.80. The minimum absolute atomic E-state index is 0.328. The summed E-state index contributed by atoms with van der Waals surface area (Å²) in [5.74, 6) is 0.289. The lowest BCUT2D eigenvalue weighted by Crippen LogP contribution is -2.06. The zero-order valence-corrected chi connectivity index (χ0v) is 10.4. The summed E-state index contributed by atoms with van der Waals surface area (Å²) in [6, 6.07) is 4.46. The zero-order chi connectivity index (χ0) is 12.4. The summed E-state index contributed by atoms with van der Waals surface area (Å²) >= 11 is 5.88. The zero-order valence-electron chi connectivity index (χ0n) is 9.67. The van der Waals surface area contributed by atoms with Crippen molar-refractivity contribution >= 4 is 17.5 Å². The quantitative estimate of drug-likeness (QED) is 0.909. The Kier molecular flexibility index (Phi) is 3.33. The number of anilines is 1. The summed E-state index contributed by atoms with van der Waals surface area (Å²) in [7, 11) is 0. The van der Waals surface area contributed by atoms with Crippen molar-refractivity contribution in [1.29, 1.82) is 0 Å². The molecule has 0 aliphatic heterocycles. The second-order valence-corrected chi connectivity index (χ2v) is 4.14. The second kappa shape index (κ2) is 4.75. The van der Waals surface area contributed by atoms with E-state index in [-0.39, 0.29) is 5.82 Å². The fraction of sp³-hybridized carbons (Fsp3) is 0.250. The molecular weight excluding hydrogens is 241 g/mol. The molecule has 2 rings (SSSR count). The van der Waals surface area contributed by atoms with Gasteiger partial charge >= 0.3 is 0 Å². The van der Waals surface area contributed by atoms with Crippen LogP contribution in [0.2, 0.25) is 5.02 Å². The average Bonchev–Trinajstić information content (AvgIpc) is 2.64. The molecule has 17 heavy (non-hydrogen) atoms. The number of nitrogens with zero attached hydrogens (tertiary/aromatic N) is 2. The summed E-state index contributed by atoms with van der Waals surface area (Å²) in [6.45, 7) is 4.54. The van der Waals surface area contributed by atoms with E-state index in [0.29, 0.717) is 16.7 Å². The largest absolute Gasteiger partial charge is 0.356 e. The third-order valence-corrected chi connectivity index (χ3v) is 2.56. The van der Waals surface area contributed by atoms with Crippen molar-refractivity contribution in [1.82, 2.24) is 9.55 Å². The van der Waals surface area contributed by atoms with Crippen LogP contribution in [0.1, 0.15) is 12.6 Å². The number of hydrogen-bond acceptors (Lipinski definition) is 2. The van der Waals surface area contributed by atoms with Crippen LogP contribution < -0.4 is 5.32 Å². The van der Waals surface area contributed by atoms with Crippen LogP contribution in [0.5, 0.6) is 0 Å². The Hall–Kier alpha value is -1.55. The van der Waals surface area contributed by atoms with Gasteiger partial charge in [0.25, 0.3) is 0 Å². The predicted octanol–water partition coefficient (Wildman–Crippen LogP) is 3.41. The molecule has 0 saturated carbocycles. The number of hydrogen-bond donors (Lipinski definition) is 1. The number of halogens is 2. The molecule has 0 saturated heterocycles. The van der Waals surface area contributed by atoms with E-state index in [4.69, 9.17) is 11.6 Å². The smallest absolute Gasteiger partial charge is 0.207 e. The minimum atomic E-state index is -0.328. The lowest BCUT2D eigenvalue weighted by molar-refractivity contribution is 0.618. The number of imidazole rings is 1. The van der Waals surface area contributed by atoms with Crippen LogP contribution in [-0.4, -0.2) is 16.1 Å². The second-order valence-electron chi connectivity index (χ2n) is 3.70. The van der Waals surface area contributed by atoms with Gasteiger partial charge < -0.3 is 5.32 Å². The third-order valence-electron chi connectivity index (χ3n) is 2.33. The number of aromatic nitrogens is 2. The highest BCUT2D eigenvalue weighted by molar-refractivity contribution is 6.30. The first-order chi connectivity index (χ1) is 8.11. The maximum Gasteiger partial charge on any atom is 0.207 e. The molecule has 0 atom stereocenters. The molecule has 5 heteroatoms. The molecule has 1 N–H and O–H groups in total. The van der Waals surface area contributed by atoms with Crippen molar-refractivity contribution < 1.29 is 4.39 Å². The van der Waals surface area contributed by atoms with Gasteiger partial charge in [0.15, 0.2) is 0 Å². The molecule has 0 radical (unpaired) electrons. The first-order valence-electron chi connectivity index (χ1n) is 5.37. The van der Waals surface area contributed by atoms with E-state index in [1.54, 1.807) is 16.8 Å². The first-order valence-corrected chi connectivity index (χ1v) is 5.75. The number of aryl methyl sites for hydroxylation is 1. The van der Waals surface area contributed by atoms with Gasteiger partial charge in [-0.3, -0.25) is 4.57 Å². The standard InChI is InChI=1S/C12H13ClFN3/c1-3-15-12-16-8(2)7-17(12)11-6-9(13)4-5-10(11)14/h4-7H,3H2,1-2H3,(H,15,16). The summed E-state index contributed by atoms with van der Waals surface area (Å²) < 4.78 is 15.4. The topological polar surface area (TPSA) is 29.9 Å². The van der Waals surface area contributed by atoms with Crippen LogP contribution in [0.25, 0.3) is 5.69 Å². The molecular formula is C12H13ClFN3. The average molecular weight is 254 g/mol. The van der Waals surface area contributed by atoms with Crippen molar-refractivity contribution in [3.8, 4) is 5.69 Å². The molecule has 0 bridgehead atoms. The van der Waals surface area contributed by atoms with Crippen LogP contribution in [0, 0.1) is 12.7 Å². The Bertz CT molecular complexity index is 537. The van der Waals surface area contributed by atoms with E-state index < -0.39 is 0 Å². The van der Waals surface area contributed by atoms with Gasteiger partial charge in [-0.25, -0.2) is 9.37 Å². The Labute approximate surface area is 104 Å². The summed E-state index contributed by atoms with van der Waals surface area (Å²) in [4.78, 5) is 4.29. The van der Waals surface area contributed by atoms with Gasteiger partial charge in [-0.1, -0.05) is 11.6 Å². The van der Waals surface area contributed by atoms with Crippen LogP contribution in [-0.2, 0) is 0 Å². The molecule has 0 aliphatic rings.